The van der Waals surface area contributed by atoms with Gasteiger partial charge in [0.05, 0.1) is 55.5 Å². The van der Waals surface area contributed by atoms with Crippen molar-refractivity contribution in [1.29, 1.82) is 0 Å². The molecule has 10 aromatic carbocycles. The maximum atomic E-state index is 5.14. The molecule has 16 rings (SSSR count). The Morgan fingerprint density at radius 2 is 0.500 bits per heavy atom. The van der Waals surface area contributed by atoms with Crippen LogP contribution < -0.4 is 0 Å². The molecule has 0 aliphatic heterocycles. The molecule has 0 saturated carbocycles. The Morgan fingerprint density at radius 3 is 0.842 bits per heavy atom. The molecule has 6 aromatic heterocycles. The van der Waals surface area contributed by atoms with Gasteiger partial charge in [-0.3, -0.25) is 9.97 Å². The molecule has 6 heterocycles. The maximum absolute atomic E-state index is 5.14. The minimum Gasteiger partial charge on any atom is -0.309 e. The third-order valence-corrected chi connectivity index (χ3v) is 15.7. The number of hydrogen-bond acceptors (Lipinski definition) is 2. The summed E-state index contributed by atoms with van der Waals surface area (Å²) in [6, 6.07) is 92.2. The van der Waals surface area contributed by atoms with Crippen molar-refractivity contribution in [3.63, 3.8) is 0 Å². The van der Waals surface area contributed by atoms with Gasteiger partial charge in [0.25, 0.3) is 0 Å². The second kappa shape index (κ2) is 16.6. The number of nitrogens with zero attached hydrogens (tertiary/aromatic N) is 6. The zero-order chi connectivity index (χ0) is 49.8. The van der Waals surface area contributed by atoms with E-state index in [1.807, 2.05) is 24.5 Å². The third-order valence-electron chi connectivity index (χ3n) is 15.7. The standard InChI is InChI=1S/C70H44N6/c1-7-29-61-51(21-1)52-22-2-8-30-62(52)75(61)49-35-37-67-59(43-49)55-25-5-11-33-65(55)73(67)47-19-13-17-45(41-47)69-57(27-15-39-71-69)58-28-16-40-72-70(58)46-18-14-20-48(42-46)74-66-34-12-6-26-56(66)60-44-50(36-38-68(60)74)76-63-31-9-3-23-53(63)54-24-4-10-32-64(54)76/h1-44H. The van der Waals surface area contributed by atoms with E-state index < -0.39 is 0 Å². The summed E-state index contributed by atoms with van der Waals surface area (Å²) in [5.74, 6) is 0. The van der Waals surface area contributed by atoms with Crippen molar-refractivity contribution >= 4 is 87.2 Å². The van der Waals surface area contributed by atoms with Crippen LogP contribution in [0, 0.1) is 0 Å². The molecule has 0 atom stereocenters. The summed E-state index contributed by atoms with van der Waals surface area (Å²) < 4.78 is 9.59. The van der Waals surface area contributed by atoms with Gasteiger partial charge < -0.3 is 18.3 Å². The van der Waals surface area contributed by atoms with E-state index in [2.05, 4.69) is 261 Å². The van der Waals surface area contributed by atoms with Crippen molar-refractivity contribution in [3.8, 4) is 56.4 Å². The highest BCUT2D eigenvalue weighted by Gasteiger charge is 2.21. The fraction of sp³-hybridized carbons (Fsp3) is 0. The molecule has 76 heavy (non-hydrogen) atoms. The Balaban J connectivity index is 0.798. The first kappa shape index (κ1) is 42.2. The van der Waals surface area contributed by atoms with Crippen LogP contribution in [0.15, 0.2) is 267 Å². The van der Waals surface area contributed by atoms with E-state index >= 15 is 0 Å². The molecule has 0 aliphatic rings. The number of fused-ring (bicyclic) bond motifs is 12. The minimum atomic E-state index is 0.894. The number of pyridine rings is 2. The topological polar surface area (TPSA) is 45.5 Å². The molecule has 0 fully saturated rings. The summed E-state index contributed by atoms with van der Waals surface area (Å²) in [6.45, 7) is 0. The van der Waals surface area contributed by atoms with Crippen LogP contribution in [0.2, 0.25) is 0 Å². The molecule has 0 aliphatic carbocycles. The lowest BCUT2D eigenvalue weighted by atomic mass is 9.95. The molecule has 0 spiro atoms. The fourth-order valence-electron chi connectivity index (χ4n) is 12.4. The molecule has 354 valence electrons. The van der Waals surface area contributed by atoms with Crippen LogP contribution in [0.25, 0.3) is 144 Å². The number of hydrogen-bond donors (Lipinski definition) is 0. The van der Waals surface area contributed by atoms with Crippen molar-refractivity contribution in [2.75, 3.05) is 0 Å². The largest absolute Gasteiger partial charge is 0.309 e. The highest BCUT2D eigenvalue weighted by atomic mass is 15.0. The predicted molar refractivity (Wildman–Crippen MR) is 316 cm³/mol. The van der Waals surface area contributed by atoms with Crippen molar-refractivity contribution in [1.82, 2.24) is 28.2 Å². The minimum absolute atomic E-state index is 0.894. The Labute approximate surface area is 436 Å². The van der Waals surface area contributed by atoms with Crippen LogP contribution in [0.4, 0.5) is 0 Å². The molecule has 6 nitrogen and oxygen atoms in total. The molecular weight excluding hydrogens is 925 g/mol. The Bertz CT molecular complexity index is 4600. The first-order chi connectivity index (χ1) is 37.7. The lowest BCUT2D eigenvalue weighted by molar-refractivity contribution is 1.16. The molecule has 0 unspecified atom stereocenters. The van der Waals surface area contributed by atoms with Gasteiger partial charge in [0, 0.05) is 100 Å². The fourth-order valence-corrected chi connectivity index (χ4v) is 12.4. The second-order valence-electron chi connectivity index (χ2n) is 19.7. The van der Waals surface area contributed by atoms with Gasteiger partial charge in [-0.25, -0.2) is 0 Å². The molecule has 0 radical (unpaired) electrons. The Morgan fingerprint density at radius 1 is 0.211 bits per heavy atom. The molecule has 0 amide bonds. The average molecular weight is 969 g/mol. The van der Waals surface area contributed by atoms with E-state index in [1.54, 1.807) is 0 Å². The first-order valence-corrected chi connectivity index (χ1v) is 25.9. The van der Waals surface area contributed by atoms with Gasteiger partial charge in [-0.15, -0.1) is 0 Å². The lowest BCUT2D eigenvalue weighted by Crippen LogP contribution is -1.98. The highest BCUT2D eigenvalue weighted by molar-refractivity contribution is 6.14. The summed E-state index contributed by atoms with van der Waals surface area (Å²) in [4.78, 5) is 10.3. The van der Waals surface area contributed by atoms with Gasteiger partial charge in [-0.2, -0.15) is 0 Å². The van der Waals surface area contributed by atoms with E-state index in [0.29, 0.717) is 0 Å². The van der Waals surface area contributed by atoms with Crippen LogP contribution in [-0.4, -0.2) is 28.2 Å². The monoisotopic (exact) mass is 968 g/mol. The van der Waals surface area contributed by atoms with Crippen molar-refractivity contribution in [2.24, 2.45) is 0 Å². The average Bonchev–Trinajstić information content (AvgIpc) is 4.27. The van der Waals surface area contributed by atoms with Crippen molar-refractivity contribution < 1.29 is 0 Å². The van der Waals surface area contributed by atoms with Gasteiger partial charge in [-0.1, -0.05) is 146 Å². The van der Waals surface area contributed by atoms with E-state index in [-0.39, 0.29) is 0 Å². The summed E-state index contributed by atoms with van der Waals surface area (Å²) in [5, 5.41) is 9.82. The van der Waals surface area contributed by atoms with Crippen LogP contribution in [0.3, 0.4) is 0 Å². The quantitative estimate of drug-likeness (QED) is 0.160. The smallest absolute Gasteiger partial charge is 0.0781 e. The zero-order valence-electron chi connectivity index (χ0n) is 41.1. The summed E-state index contributed by atoms with van der Waals surface area (Å²) in [6.07, 6.45) is 3.79. The number of rotatable bonds is 7. The molecule has 0 N–H and O–H groups in total. The van der Waals surface area contributed by atoms with Gasteiger partial charge in [0.1, 0.15) is 0 Å². The van der Waals surface area contributed by atoms with Crippen molar-refractivity contribution in [3.05, 3.63) is 267 Å². The van der Waals surface area contributed by atoms with Gasteiger partial charge >= 0.3 is 0 Å². The Hall–Kier alpha value is -10.3. The maximum Gasteiger partial charge on any atom is 0.0781 e. The van der Waals surface area contributed by atoms with Crippen LogP contribution in [0.1, 0.15) is 0 Å². The van der Waals surface area contributed by atoms with E-state index in [0.717, 1.165) is 78.5 Å². The van der Waals surface area contributed by atoms with Crippen LogP contribution in [0.5, 0.6) is 0 Å². The van der Waals surface area contributed by atoms with E-state index in [1.165, 1.54) is 65.2 Å². The van der Waals surface area contributed by atoms with Crippen LogP contribution >= 0.6 is 0 Å². The second-order valence-corrected chi connectivity index (χ2v) is 19.7. The predicted octanol–water partition coefficient (Wildman–Crippen LogP) is 17.9. The van der Waals surface area contributed by atoms with Gasteiger partial charge in [0.2, 0.25) is 0 Å². The van der Waals surface area contributed by atoms with E-state index in [4.69, 9.17) is 9.97 Å². The first-order valence-electron chi connectivity index (χ1n) is 25.9. The molecule has 0 saturated heterocycles. The van der Waals surface area contributed by atoms with Crippen LogP contribution in [-0.2, 0) is 0 Å². The zero-order valence-corrected chi connectivity index (χ0v) is 41.1. The van der Waals surface area contributed by atoms with Gasteiger partial charge in [-0.05, 0) is 109 Å². The highest BCUT2D eigenvalue weighted by Crippen LogP contribution is 2.42. The third kappa shape index (κ3) is 6.28. The summed E-state index contributed by atoms with van der Waals surface area (Å²) in [5.41, 5.74) is 19.7. The molecular formula is C70H44N6. The molecule has 0 bridgehead atoms. The summed E-state index contributed by atoms with van der Waals surface area (Å²) >= 11 is 0. The number of para-hydroxylation sites is 6. The van der Waals surface area contributed by atoms with Gasteiger partial charge in [0.15, 0.2) is 0 Å². The van der Waals surface area contributed by atoms with E-state index in [9.17, 15) is 0 Å². The lowest BCUT2D eigenvalue weighted by Gasteiger charge is -2.15. The Kier molecular flexibility index (Phi) is 9.23. The number of aromatic nitrogens is 6. The number of benzene rings is 10. The molecule has 16 aromatic rings. The SMILES string of the molecule is c1cc(-c2ncccc2-c2cccnc2-c2cccc(-n3c4ccccc4c4cc(-n5c6ccccc6c6ccccc65)ccc43)c2)cc(-n2c3ccccc3c3cc(-n4c5ccccc5c5ccccc54)ccc32)c1. The summed E-state index contributed by atoms with van der Waals surface area (Å²) in [7, 11) is 0. The normalized spacial score (nSPS) is 11.9. The van der Waals surface area contributed by atoms with Crippen molar-refractivity contribution in [2.45, 2.75) is 0 Å². The molecule has 6 heteroatoms.